The zero-order valence-electron chi connectivity index (χ0n) is 13.3. The highest BCUT2D eigenvalue weighted by Crippen LogP contribution is 2.27. The minimum absolute atomic E-state index is 0.163. The molecule has 2 saturated heterocycles. The first kappa shape index (κ1) is 15.2. The monoisotopic (exact) mass is 318 g/mol. The average molecular weight is 318 g/mol. The summed E-state index contributed by atoms with van der Waals surface area (Å²) in [7, 11) is -1.33. The minimum Gasteiger partial charge on any atom is -0.378 e. The number of carbonyl (C=O) groups excluding carboxylic acids is 2. The molecule has 3 rings (SSSR count). The number of benzene rings is 1. The van der Waals surface area contributed by atoms with Gasteiger partial charge in [0.05, 0.1) is 21.2 Å². The predicted molar refractivity (Wildman–Crippen MR) is 86.7 cm³/mol. The first-order chi connectivity index (χ1) is 10.3. The summed E-state index contributed by atoms with van der Waals surface area (Å²) in [6, 6.07) is 7.96. The van der Waals surface area contributed by atoms with Crippen molar-refractivity contribution in [2.45, 2.75) is 38.1 Å². The number of nitrogens with zero attached hydrogens (tertiary/aromatic N) is 1. The van der Waals surface area contributed by atoms with Gasteiger partial charge >= 0.3 is 6.03 Å². The molecular weight excluding hydrogens is 296 g/mol. The van der Waals surface area contributed by atoms with Gasteiger partial charge in [0.1, 0.15) is 5.54 Å². The van der Waals surface area contributed by atoms with Crippen molar-refractivity contribution >= 4 is 25.2 Å². The highest BCUT2D eigenvalue weighted by Gasteiger charge is 2.53. The van der Waals surface area contributed by atoms with E-state index in [2.05, 4.69) is 37.1 Å². The largest absolute Gasteiger partial charge is 0.378 e. The number of urea groups is 1. The maximum Gasteiger partial charge on any atom is 0.325 e. The van der Waals surface area contributed by atoms with Crippen LogP contribution in [0.4, 0.5) is 4.79 Å². The third-order valence-electron chi connectivity index (χ3n) is 4.43. The molecule has 22 heavy (non-hydrogen) atoms. The fourth-order valence-electron chi connectivity index (χ4n) is 2.94. The lowest BCUT2D eigenvalue weighted by molar-refractivity contribution is -0.131. The second-order valence-corrected chi connectivity index (χ2v) is 12.2. The van der Waals surface area contributed by atoms with Crippen LogP contribution < -0.4 is 10.5 Å². The molecule has 1 N–H and O–H groups in total. The fraction of sp³-hybridized carbons (Fsp3) is 0.500. The van der Waals surface area contributed by atoms with E-state index in [-0.39, 0.29) is 18.5 Å². The molecule has 1 unspecified atom stereocenters. The van der Waals surface area contributed by atoms with Crippen LogP contribution in [-0.2, 0) is 16.1 Å². The van der Waals surface area contributed by atoms with E-state index < -0.39 is 13.6 Å². The van der Waals surface area contributed by atoms with Crippen molar-refractivity contribution in [1.82, 2.24) is 10.2 Å². The molecule has 2 aliphatic heterocycles. The van der Waals surface area contributed by atoms with Crippen LogP contribution in [0, 0.1) is 0 Å². The summed E-state index contributed by atoms with van der Waals surface area (Å²) in [5, 5.41) is 4.17. The van der Waals surface area contributed by atoms with Crippen molar-refractivity contribution in [3.8, 4) is 0 Å². The van der Waals surface area contributed by atoms with E-state index in [4.69, 9.17) is 4.74 Å². The van der Waals surface area contributed by atoms with Gasteiger partial charge in [-0.3, -0.25) is 9.69 Å². The van der Waals surface area contributed by atoms with Crippen molar-refractivity contribution in [2.75, 3.05) is 13.2 Å². The van der Waals surface area contributed by atoms with E-state index in [0.29, 0.717) is 19.6 Å². The first-order valence-electron chi connectivity index (χ1n) is 7.63. The quantitative estimate of drug-likeness (QED) is 0.678. The maximum atomic E-state index is 12.5. The molecule has 1 aromatic rings. The molecule has 0 aromatic heterocycles. The van der Waals surface area contributed by atoms with Crippen molar-refractivity contribution in [1.29, 1.82) is 0 Å². The standard InChI is InChI=1S/C16H22N2O3Si/c1-22(2,3)13-6-4-12(5-7-13)10-18-14(19)16(17-15(18)20)8-9-21-11-16/h4-7H,8-11H2,1-3H3,(H,17,20). The number of hydrogen-bond acceptors (Lipinski definition) is 3. The molecule has 118 valence electrons. The zero-order valence-corrected chi connectivity index (χ0v) is 14.3. The van der Waals surface area contributed by atoms with E-state index >= 15 is 0 Å². The molecule has 0 aliphatic carbocycles. The summed E-state index contributed by atoms with van der Waals surface area (Å²) in [6.45, 7) is 8.00. The zero-order chi connectivity index (χ0) is 16.0. The van der Waals surface area contributed by atoms with Gasteiger partial charge in [-0.05, 0) is 5.56 Å². The molecule has 0 radical (unpaired) electrons. The van der Waals surface area contributed by atoms with Crippen molar-refractivity contribution in [3.05, 3.63) is 29.8 Å². The Kier molecular flexibility index (Phi) is 3.61. The van der Waals surface area contributed by atoms with Crippen LogP contribution in [0.1, 0.15) is 12.0 Å². The van der Waals surface area contributed by atoms with E-state index in [1.165, 1.54) is 10.1 Å². The Hall–Kier alpha value is -1.66. The van der Waals surface area contributed by atoms with E-state index in [9.17, 15) is 9.59 Å². The summed E-state index contributed by atoms with van der Waals surface area (Å²) >= 11 is 0. The number of hydrogen-bond donors (Lipinski definition) is 1. The van der Waals surface area contributed by atoms with Gasteiger partial charge in [0, 0.05) is 13.0 Å². The molecule has 1 aromatic carbocycles. The lowest BCUT2D eigenvalue weighted by Gasteiger charge is -2.19. The third kappa shape index (κ3) is 2.57. The highest BCUT2D eigenvalue weighted by atomic mass is 28.3. The van der Waals surface area contributed by atoms with Crippen molar-refractivity contribution in [2.24, 2.45) is 0 Å². The fourth-order valence-corrected chi connectivity index (χ4v) is 4.11. The minimum atomic E-state index is -1.33. The second-order valence-electron chi connectivity index (χ2n) is 7.15. The van der Waals surface area contributed by atoms with Crippen molar-refractivity contribution < 1.29 is 14.3 Å². The lowest BCUT2D eigenvalue weighted by Crippen LogP contribution is -2.47. The van der Waals surface area contributed by atoms with Gasteiger partial charge in [-0.25, -0.2) is 4.79 Å². The predicted octanol–water partition coefficient (Wildman–Crippen LogP) is 1.44. The Morgan fingerprint density at radius 2 is 1.91 bits per heavy atom. The lowest BCUT2D eigenvalue weighted by atomic mass is 9.99. The number of nitrogens with one attached hydrogen (secondary N) is 1. The Morgan fingerprint density at radius 3 is 2.45 bits per heavy atom. The van der Waals surface area contributed by atoms with E-state index in [0.717, 1.165) is 5.56 Å². The molecule has 1 spiro atoms. The molecule has 1 atom stereocenters. The Labute approximate surface area is 131 Å². The van der Waals surface area contributed by atoms with Gasteiger partial charge in [0.2, 0.25) is 0 Å². The van der Waals surface area contributed by atoms with Crippen LogP contribution in [-0.4, -0.2) is 43.7 Å². The Morgan fingerprint density at radius 1 is 1.23 bits per heavy atom. The number of carbonyl (C=O) groups is 2. The van der Waals surface area contributed by atoms with Gasteiger partial charge in [-0.15, -0.1) is 0 Å². The van der Waals surface area contributed by atoms with Crippen LogP contribution in [0.2, 0.25) is 19.6 Å². The first-order valence-corrected chi connectivity index (χ1v) is 11.1. The highest BCUT2D eigenvalue weighted by molar-refractivity contribution is 6.88. The maximum absolute atomic E-state index is 12.5. The van der Waals surface area contributed by atoms with Crippen LogP contribution in [0.5, 0.6) is 0 Å². The van der Waals surface area contributed by atoms with Crippen LogP contribution in [0.15, 0.2) is 24.3 Å². The summed E-state index contributed by atoms with van der Waals surface area (Å²) < 4.78 is 5.30. The molecular formula is C16H22N2O3Si. The Balaban J connectivity index is 1.76. The molecule has 2 aliphatic rings. The normalized spacial score (nSPS) is 25.1. The van der Waals surface area contributed by atoms with Crippen molar-refractivity contribution in [3.63, 3.8) is 0 Å². The summed E-state index contributed by atoms with van der Waals surface area (Å²) in [4.78, 5) is 26.0. The van der Waals surface area contributed by atoms with Crippen LogP contribution in [0.25, 0.3) is 0 Å². The molecule has 6 heteroatoms. The molecule has 0 saturated carbocycles. The van der Waals surface area contributed by atoms with Gasteiger partial charge < -0.3 is 10.1 Å². The smallest absolute Gasteiger partial charge is 0.325 e. The van der Waals surface area contributed by atoms with Crippen LogP contribution >= 0.6 is 0 Å². The number of ether oxygens (including phenoxy) is 1. The van der Waals surface area contributed by atoms with E-state index in [1.54, 1.807) is 0 Å². The molecule has 2 heterocycles. The molecule has 0 bridgehead atoms. The summed E-state index contributed by atoms with van der Waals surface area (Å²) in [5.74, 6) is -0.163. The van der Waals surface area contributed by atoms with Crippen LogP contribution in [0.3, 0.4) is 0 Å². The average Bonchev–Trinajstić information content (AvgIpc) is 3.00. The van der Waals surface area contributed by atoms with Gasteiger partial charge in [0.25, 0.3) is 5.91 Å². The van der Waals surface area contributed by atoms with Gasteiger partial charge in [0.15, 0.2) is 0 Å². The topological polar surface area (TPSA) is 58.6 Å². The summed E-state index contributed by atoms with van der Waals surface area (Å²) in [5.41, 5.74) is 0.150. The van der Waals surface area contributed by atoms with Gasteiger partial charge in [-0.2, -0.15) is 0 Å². The molecule has 2 fully saturated rings. The third-order valence-corrected chi connectivity index (χ3v) is 6.49. The number of amides is 3. The van der Waals surface area contributed by atoms with Gasteiger partial charge in [-0.1, -0.05) is 49.1 Å². The Bertz CT molecular complexity index is 601. The SMILES string of the molecule is C[Si](C)(C)c1ccc(CN2C(=O)NC3(CCOC3)C2=O)cc1. The molecule has 5 nitrogen and oxygen atoms in total. The number of imide groups is 1. The summed E-state index contributed by atoms with van der Waals surface area (Å²) in [6.07, 6.45) is 0.558. The second kappa shape index (κ2) is 5.21. The number of rotatable bonds is 3. The van der Waals surface area contributed by atoms with E-state index in [1.807, 2.05) is 12.1 Å². The molecule has 3 amide bonds.